The molecule has 0 bridgehead atoms. The lowest BCUT2D eigenvalue weighted by Crippen LogP contribution is -2.21. The molecule has 2 aromatic rings. The molecule has 0 saturated heterocycles. The Hall–Kier alpha value is -1.89. The van der Waals surface area contributed by atoms with Crippen LogP contribution >= 0.6 is 22.6 Å². The van der Waals surface area contributed by atoms with Crippen molar-refractivity contribution in [2.75, 3.05) is 11.9 Å². The smallest absolute Gasteiger partial charge is 0.338 e. The Morgan fingerprint density at radius 1 is 1.09 bits per heavy atom. The molecular formula is C17H16INO3. The van der Waals surface area contributed by atoms with Crippen molar-refractivity contribution in [2.45, 2.75) is 13.8 Å². The van der Waals surface area contributed by atoms with Crippen molar-refractivity contribution in [3.63, 3.8) is 0 Å². The highest BCUT2D eigenvalue weighted by molar-refractivity contribution is 14.1. The summed E-state index contributed by atoms with van der Waals surface area (Å²) in [6.45, 7) is 3.48. The van der Waals surface area contributed by atoms with Crippen LogP contribution in [0.4, 0.5) is 5.69 Å². The Kier molecular flexibility index (Phi) is 5.54. The number of anilines is 1. The summed E-state index contributed by atoms with van der Waals surface area (Å²) >= 11 is 2.13. The van der Waals surface area contributed by atoms with Crippen molar-refractivity contribution in [2.24, 2.45) is 0 Å². The number of halogens is 1. The van der Waals surface area contributed by atoms with Gasteiger partial charge in [-0.2, -0.15) is 0 Å². The molecule has 2 aromatic carbocycles. The second kappa shape index (κ2) is 7.40. The van der Waals surface area contributed by atoms with Gasteiger partial charge in [-0.1, -0.05) is 24.3 Å². The largest absolute Gasteiger partial charge is 0.452 e. The third-order valence-corrected chi connectivity index (χ3v) is 4.25. The van der Waals surface area contributed by atoms with Gasteiger partial charge in [-0.25, -0.2) is 4.79 Å². The number of hydrogen-bond donors (Lipinski definition) is 1. The molecule has 0 unspecified atom stereocenters. The molecule has 0 saturated carbocycles. The van der Waals surface area contributed by atoms with Crippen LogP contribution < -0.4 is 5.32 Å². The number of nitrogens with one attached hydrogen (secondary N) is 1. The van der Waals surface area contributed by atoms with Crippen LogP contribution in [0.2, 0.25) is 0 Å². The Bertz CT molecular complexity index is 713. The highest BCUT2D eigenvalue weighted by Gasteiger charge is 2.14. The average molecular weight is 409 g/mol. The molecule has 0 radical (unpaired) electrons. The molecule has 1 amide bonds. The van der Waals surface area contributed by atoms with E-state index in [0.717, 1.165) is 14.7 Å². The van der Waals surface area contributed by atoms with Gasteiger partial charge in [0.15, 0.2) is 6.61 Å². The molecule has 0 heterocycles. The molecule has 4 nitrogen and oxygen atoms in total. The maximum atomic E-state index is 12.0. The van der Waals surface area contributed by atoms with Crippen molar-refractivity contribution in [3.05, 3.63) is 62.7 Å². The van der Waals surface area contributed by atoms with E-state index in [0.29, 0.717) is 11.3 Å². The number of ether oxygens (including phenoxy) is 1. The molecule has 0 atom stereocenters. The highest BCUT2D eigenvalue weighted by atomic mass is 127. The molecule has 0 aromatic heterocycles. The minimum atomic E-state index is -0.487. The number of aryl methyl sites for hydroxylation is 1. The van der Waals surface area contributed by atoms with Crippen LogP contribution in [0.3, 0.4) is 0 Å². The fourth-order valence-electron chi connectivity index (χ4n) is 1.93. The number of hydrogen-bond acceptors (Lipinski definition) is 3. The van der Waals surface area contributed by atoms with E-state index in [-0.39, 0.29) is 12.5 Å². The van der Waals surface area contributed by atoms with Crippen molar-refractivity contribution in [1.29, 1.82) is 0 Å². The Labute approximate surface area is 143 Å². The van der Waals surface area contributed by atoms with E-state index < -0.39 is 5.97 Å². The van der Waals surface area contributed by atoms with Crippen molar-refractivity contribution in [1.82, 2.24) is 0 Å². The van der Waals surface area contributed by atoms with Crippen LogP contribution in [0, 0.1) is 17.4 Å². The molecular weight excluding hydrogens is 393 g/mol. The molecule has 114 valence electrons. The van der Waals surface area contributed by atoms with Gasteiger partial charge < -0.3 is 10.1 Å². The van der Waals surface area contributed by atoms with Gasteiger partial charge in [0.05, 0.1) is 11.3 Å². The highest BCUT2D eigenvalue weighted by Crippen LogP contribution is 2.17. The fourth-order valence-corrected chi connectivity index (χ4v) is 2.45. The van der Waals surface area contributed by atoms with Crippen molar-refractivity contribution < 1.29 is 14.3 Å². The molecule has 22 heavy (non-hydrogen) atoms. The lowest BCUT2D eigenvalue weighted by molar-refractivity contribution is -0.119. The Balaban J connectivity index is 1.95. The van der Waals surface area contributed by atoms with Gasteiger partial charge in [-0.05, 0) is 65.8 Å². The molecule has 5 heteroatoms. The van der Waals surface area contributed by atoms with E-state index in [9.17, 15) is 9.59 Å². The zero-order chi connectivity index (χ0) is 16.1. The van der Waals surface area contributed by atoms with Gasteiger partial charge in [0, 0.05) is 3.57 Å². The topological polar surface area (TPSA) is 55.4 Å². The van der Waals surface area contributed by atoms with Gasteiger partial charge >= 0.3 is 5.97 Å². The molecule has 0 aliphatic heterocycles. The van der Waals surface area contributed by atoms with Crippen molar-refractivity contribution in [3.8, 4) is 0 Å². The number of rotatable bonds is 4. The van der Waals surface area contributed by atoms with Crippen molar-refractivity contribution >= 4 is 40.2 Å². The zero-order valence-corrected chi connectivity index (χ0v) is 14.5. The second-order valence-corrected chi connectivity index (χ2v) is 6.01. The molecule has 1 N–H and O–H groups in total. The first kappa shape index (κ1) is 16.5. The number of amides is 1. The summed E-state index contributed by atoms with van der Waals surface area (Å²) in [6.07, 6.45) is 0. The molecule has 0 aliphatic rings. The minimum absolute atomic E-state index is 0.308. The van der Waals surface area contributed by atoms with E-state index in [1.807, 2.05) is 38.1 Å². The van der Waals surface area contributed by atoms with E-state index >= 15 is 0 Å². The molecule has 0 aliphatic carbocycles. The first-order chi connectivity index (χ1) is 10.5. The predicted octanol–water partition coefficient (Wildman–Crippen LogP) is 3.70. The number of esters is 1. The van der Waals surface area contributed by atoms with E-state index in [4.69, 9.17) is 4.74 Å². The second-order valence-electron chi connectivity index (χ2n) is 4.85. The van der Waals surface area contributed by atoms with Crippen LogP contribution in [0.15, 0.2) is 42.5 Å². The normalized spacial score (nSPS) is 10.1. The number of para-hydroxylation sites is 1. The third kappa shape index (κ3) is 4.07. The summed E-state index contributed by atoms with van der Waals surface area (Å²) < 4.78 is 6.01. The summed E-state index contributed by atoms with van der Waals surface area (Å²) in [5, 5.41) is 2.72. The summed E-state index contributed by atoms with van der Waals surface area (Å²) in [5.41, 5.74) is 3.07. The van der Waals surface area contributed by atoms with E-state index in [2.05, 4.69) is 27.9 Å². The molecule has 0 fully saturated rings. The van der Waals surface area contributed by atoms with Crippen LogP contribution in [0.5, 0.6) is 0 Å². The summed E-state index contributed by atoms with van der Waals surface area (Å²) in [4.78, 5) is 23.9. The number of carbonyl (C=O) groups is 2. The van der Waals surface area contributed by atoms with E-state index in [1.165, 1.54) is 0 Å². The summed E-state index contributed by atoms with van der Waals surface area (Å²) in [5.74, 6) is -0.845. The maximum Gasteiger partial charge on any atom is 0.338 e. The SMILES string of the molecule is Cc1cccc(C(=O)OCC(=O)Nc2ccccc2I)c1C. The zero-order valence-electron chi connectivity index (χ0n) is 12.4. The lowest BCUT2D eigenvalue weighted by atomic mass is 10.0. The Morgan fingerprint density at radius 3 is 2.55 bits per heavy atom. The van der Waals surface area contributed by atoms with Crippen LogP contribution in [-0.4, -0.2) is 18.5 Å². The minimum Gasteiger partial charge on any atom is -0.452 e. The van der Waals surface area contributed by atoms with Crippen LogP contribution in [0.1, 0.15) is 21.5 Å². The Morgan fingerprint density at radius 2 is 1.82 bits per heavy atom. The lowest BCUT2D eigenvalue weighted by Gasteiger charge is -2.10. The van der Waals surface area contributed by atoms with E-state index in [1.54, 1.807) is 18.2 Å². The first-order valence-corrected chi connectivity index (χ1v) is 7.84. The fraction of sp³-hybridized carbons (Fsp3) is 0.176. The summed E-state index contributed by atoms with van der Waals surface area (Å²) in [7, 11) is 0. The van der Waals surface area contributed by atoms with Crippen LogP contribution in [0.25, 0.3) is 0 Å². The summed E-state index contributed by atoms with van der Waals surface area (Å²) in [6, 6.07) is 12.8. The molecule has 0 spiro atoms. The quantitative estimate of drug-likeness (QED) is 0.619. The number of benzene rings is 2. The van der Waals surface area contributed by atoms with Gasteiger partial charge in [-0.3, -0.25) is 4.79 Å². The first-order valence-electron chi connectivity index (χ1n) is 6.76. The van der Waals surface area contributed by atoms with Gasteiger partial charge in [0.1, 0.15) is 0 Å². The third-order valence-electron chi connectivity index (χ3n) is 3.31. The van der Waals surface area contributed by atoms with Gasteiger partial charge in [0.2, 0.25) is 0 Å². The average Bonchev–Trinajstić information content (AvgIpc) is 2.50. The predicted molar refractivity (Wildman–Crippen MR) is 94.0 cm³/mol. The maximum absolute atomic E-state index is 12.0. The standard InChI is InChI=1S/C17H16INO3/c1-11-6-5-7-13(12(11)2)17(21)22-10-16(20)19-15-9-4-3-8-14(15)18/h3-9H,10H2,1-2H3,(H,19,20). The number of carbonyl (C=O) groups excluding carboxylic acids is 2. The van der Waals surface area contributed by atoms with Gasteiger partial charge in [0.25, 0.3) is 5.91 Å². The van der Waals surface area contributed by atoms with Crippen LogP contribution in [-0.2, 0) is 9.53 Å². The monoisotopic (exact) mass is 409 g/mol. The molecule has 2 rings (SSSR count). The van der Waals surface area contributed by atoms with Gasteiger partial charge in [-0.15, -0.1) is 0 Å².